The van der Waals surface area contributed by atoms with Gasteiger partial charge in [-0.2, -0.15) is 0 Å². The average Bonchev–Trinajstić information content (AvgIpc) is 3.37. The van der Waals surface area contributed by atoms with E-state index >= 15 is 0 Å². The van der Waals surface area contributed by atoms with Crippen molar-refractivity contribution in [2.45, 2.75) is 19.9 Å². The fraction of sp³-hybridized carbons (Fsp3) is 0.217. The average molecular weight is 435 g/mol. The normalized spacial score (nSPS) is 12.0. The summed E-state index contributed by atoms with van der Waals surface area (Å²) in [5, 5.41) is 7.43. The standard InChI is InChI=1S/C23H22N4O3S/c1-13-10-11-18(31-13)17-12-16(19-14(2)26-30-22(19)24-17)21(28)25-20(23(29)27(3)4)15-8-6-5-7-9-15/h5-12,20H,1-4H3,(H,25,28). The first-order valence-electron chi connectivity index (χ1n) is 9.76. The van der Waals surface area contributed by atoms with Gasteiger partial charge in [-0.25, -0.2) is 4.98 Å². The van der Waals surface area contributed by atoms with Gasteiger partial charge in [-0.15, -0.1) is 11.3 Å². The molecular formula is C23H22N4O3S. The van der Waals surface area contributed by atoms with Gasteiger partial charge in [0.15, 0.2) is 0 Å². The third kappa shape index (κ3) is 4.06. The molecule has 0 saturated carbocycles. The number of fused-ring (bicyclic) bond motifs is 1. The smallest absolute Gasteiger partial charge is 0.259 e. The van der Waals surface area contributed by atoms with Gasteiger partial charge in [0.25, 0.3) is 11.6 Å². The molecule has 7 nitrogen and oxygen atoms in total. The lowest BCUT2D eigenvalue weighted by Gasteiger charge is -2.22. The van der Waals surface area contributed by atoms with Gasteiger partial charge in [0, 0.05) is 19.0 Å². The number of hydrogen-bond acceptors (Lipinski definition) is 6. The predicted octanol–water partition coefficient (Wildman–Crippen LogP) is 4.13. The molecule has 3 aromatic heterocycles. The lowest BCUT2D eigenvalue weighted by Crippen LogP contribution is -2.40. The van der Waals surface area contributed by atoms with Crippen molar-refractivity contribution in [3.05, 3.63) is 70.2 Å². The third-order valence-corrected chi connectivity index (χ3v) is 5.97. The summed E-state index contributed by atoms with van der Waals surface area (Å²) < 4.78 is 5.37. The molecule has 1 atom stereocenters. The maximum Gasteiger partial charge on any atom is 0.259 e. The van der Waals surface area contributed by atoms with Crippen molar-refractivity contribution in [1.29, 1.82) is 0 Å². The first-order valence-corrected chi connectivity index (χ1v) is 10.6. The van der Waals surface area contributed by atoms with Crippen molar-refractivity contribution < 1.29 is 14.1 Å². The number of amides is 2. The number of benzene rings is 1. The molecule has 2 amide bonds. The summed E-state index contributed by atoms with van der Waals surface area (Å²) in [6.45, 7) is 3.77. The van der Waals surface area contributed by atoms with Crippen LogP contribution in [0.15, 0.2) is 53.1 Å². The van der Waals surface area contributed by atoms with E-state index in [2.05, 4.69) is 15.5 Å². The lowest BCUT2D eigenvalue weighted by molar-refractivity contribution is -0.130. The van der Waals surface area contributed by atoms with Crippen molar-refractivity contribution in [3.63, 3.8) is 0 Å². The zero-order valence-electron chi connectivity index (χ0n) is 17.7. The second-order valence-electron chi connectivity index (χ2n) is 7.46. The molecular weight excluding hydrogens is 412 g/mol. The van der Waals surface area contributed by atoms with Gasteiger partial charge in [-0.3, -0.25) is 9.59 Å². The molecule has 0 bridgehead atoms. The lowest BCUT2D eigenvalue weighted by atomic mass is 10.0. The van der Waals surface area contributed by atoms with E-state index in [-0.39, 0.29) is 5.91 Å². The molecule has 0 spiro atoms. The SMILES string of the molecule is Cc1ccc(-c2cc(C(=O)NC(C(=O)N(C)C)c3ccccc3)c3c(C)noc3n2)s1. The summed E-state index contributed by atoms with van der Waals surface area (Å²) >= 11 is 1.58. The molecule has 4 rings (SSSR count). The summed E-state index contributed by atoms with van der Waals surface area (Å²) in [6, 6.07) is 14.0. The van der Waals surface area contributed by atoms with Crippen molar-refractivity contribution in [2.24, 2.45) is 0 Å². The minimum absolute atomic E-state index is 0.221. The van der Waals surface area contributed by atoms with Gasteiger partial charge in [0.05, 0.1) is 27.2 Å². The van der Waals surface area contributed by atoms with E-state index in [4.69, 9.17) is 4.52 Å². The van der Waals surface area contributed by atoms with Gasteiger partial charge in [0.2, 0.25) is 5.91 Å². The second-order valence-corrected chi connectivity index (χ2v) is 8.75. The predicted molar refractivity (Wildman–Crippen MR) is 120 cm³/mol. The van der Waals surface area contributed by atoms with Crippen LogP contribution in [0.4, 0.5) is 0 Å². The van der Waals surface area contributed by atoms with Crippen LogP contribution in [0.3, 0.4) is 0 Å². The van der Waals surface area contributed by atoms with E-state index in [9.17, 15) is 9.59 Å². The van der Waals surface area contributed by atoms with Gasteiger partial charge in [-0.05, 0) is 37.6 Å². The molecule has 0 aliphatic carbocycles. The summed E-state index contributed by atoms with van der Waals surface area (Å²) in [5.74, 6) is -0.613. The van der Waals surface area contributed by atoms with Crippen LogP contribution < -0.4 is 5.32 Å². The number of nitrogens with zero attached hydrogens (tertiary/aromatic N) is 3. The number of carbonyl (C=O) groups excluding carboxylic acids is 2. The molecule has 0 radical (unpaired) electrons. The number of rotatable bonds is 5. The Labute approximate surface area is 183 Å². The molecule has 31 heavy (non-hydrogen) atoms. The van der Waals surface area contributed by atoms with E-state index in [1.54, 1.807) is 38.4 Å². The van der Waals surface area contributed by atoms with E-state index < -0.39 is 11.9 Å². The Morgan fingerprint density at radius 3 is 2.48 bits per heavy atom. The minimum Gasteiger partial charge on any atom is -0.347 e. The van der Waals surface area contributed by atoms with E-state index in [1.165, 1.54) is 4.90 Å². The van der Waals surface area contributed by atoms with Crippen LogP contribution in [-0.2, 0) is 4.79 Å². The number of aromatic nitrogens is 2. The van der Waals surface area contributed by atoms with Gasteiger partial charge < -0.3 is 14.7 Å². The van der Waals surface area contributed by atoms with E-state index in [1.807, 2.05) is 49.4 Å². The Bertz CT molecular complexity index is 1260. The molecule has 0 fully saturated rings. The molecule has 4 aromatic rings. The van der Waals surface area contributed by atoms with Crippen LogP contribution in [0.1, 0.15) is 32.5 Å². The number of hydrogen-bond donors (Lipinski definition) is 1. The van der Waals surface area contributed by atoms with Crippen LogP contribution in [0.5, 0.6) is 0 Å². The summed E-state index contributed by atoms with van der Waals surface area (Å²) in [7, 11) is 3.33. The highest BCUT2D eigenvalue weighted by atomic mass is 32.1. The van der Waals surface area contributed by atoms with Crippen molar-refractivity contribution in [3.8, 4) is 10.6 Å². The number of nitrogens with one attached hydrogen (secondary N) is 1. The highest BCUT2D eigenvalue weighted by Crippen LogP contribution is 2.31. The second kappa shape index (κ2) is 8.31. The van der Waals surface area contributed by atoms with E-state index in [0.717, 1.165) is 9.75 Å². The molecule has 0 aliphatic heterocycles. The highest BCUT2D eigenvalue weighted by Gasteiger charge is 2.27. The van der Waals surface area contributed by atoms with Crippen molar-refractivity contribution >= 4 is 34.3 Å². The molecule has 1 N–H and O–H groups in total. The topological polar surface area (TPSA) is 88.3 Å². The quantitative estimate of drug-likeness (QED) is 0.510. The first-order chi connectivity index (χ1) is 14.8. The fourth-order valence-corrected chi connectivity index (χ4v) is 4.20. The Balaban J connectivity index is 1.78. The number of aryl methyl sites for hydroxylation is 2. The van der Waals surface area contributed by atoms with Gasteiger partial charge >= 0.3 is 0 Å². The Morgan fingerprint density at radius 2 is 1.84 bits per heavy atom. The Morgan fingerprint density at radius 1 is 1.10 bits per heavy atom. The molecule has 1 unspecified atom stereocenters. The largest absolute Gasteiger partial charge is 0.347 e. The van der Waals surface area contributed by atoms with Gasteiger partial charge in [-0.1, -0.05) is 35.5 Å². The Hall–Kier alpha value is -3.52. The van der Waals surface area contributed by atoms with Crippen molar-refractivity contribution in [2.75, 3.05) is 14.1 Å². The van der Waals surface area contributed by atoms with Gasteiger partial charge in [0.1, 0.15) is 6.04 Å². The Kier molecular flexibility index (Phi) is 5.56. The first kappa shape index (κ1) is 20.7. The summed E-state index contributed by atoms with van der Waals surface area (Å²) in [4.78, 5) is 34.4. The maximum atomic E-state index is 13.4. The van der Waals surface area contributed by atoms with Crippen LogP contribution in [0.25, 0.3) is 21.7 Å². The van der Waals surface area contributed by atoms with E-state index in [0.29, 0.717) is 33.6 Å². The monoisotopic (exact) mass is 434 g/mol. The molecule has 1 aromatic carbocycles. The minimum atomic E-state index is -0.820. The molecule has 3 heterocycles. The number of carbonyl (C=O) groups is 2. The van der Waals surface area contributed by atoms with Crippen LogP contribution >= 0.6 is 11.3 Å². The number of pyridine rings is 1. The third-order valence-electron chi connectivity index (χ3n) is 4.95. The molecule has 8 heteroatoms. The summed E-state index contributed by atoms with van der Waals surface area (Å²) in [6.07, 6.45) is 0. The highest BCUT2D eigenvalue weighted by molar-refractivity contribution is 7.15. The molecule has 0 saturated heterocycles. The summed E-state index contributed by atoms with van der Waals surface area (Å²) in [5.41, 5.74) is 2.56. The number of thiophene rings is 1. The van der Waals surface area contributed by atoms with Crippen LogP contribution in [0.2, 0.25) is 0 Å². The van der Waals surface area contributed by atoms with Crippen molar-refractivity contribution in [1.82, 2.24) is 20.4 Å². The molecule has 0 aliphatic rings. The van der Waals surface area contributed by atoms with Crippen LogP contribution in [0, 0.1) is 13.8 Å². The molecule has 158 valence electrons. The zero-order valence-corrected chi connectivity index (χ0v) is 18.5. The number of likely N-dealkylation sites (N-methyl/N-ethyl adjacent to an activating group) is 1. The van der Waals surface area contributed by atoms with Crippen LogP contribution in [-0.4, -0.2) is 41.0 Å². The zero-order chi connectivity index (χ0) is 22.1. The fourth-order valence-electron chi connectivity index (χ4n) is 3.37. The maximum absolute atomic E-state index is 13.4.